The number of methoxy groups -OCH3 is 1. The van der Waals surface area contributed by atoms with Gasteiger partial charge in [0.15, 0.2) is 5.96 Å². The summed E-state index contributed by atoms with van der Waals surface area (Å²) in [4.78, 5) is 6.86. The Hall–Kier alpha value is -0.860. The highest BCUT2D eigenvalue weighted by Crippen LogP contribution is 2.22. The second-order valence-electron chi connectivity index (χ2n) is 7.88. The van der Waals surface area contributed by atoms with E-state index >= 15 is 0 Å². The number of aliphatic imine (C=N–C) groups is 1. The molecular formula is C21H37IN4O. The van der Waals surface area contributed by atoms with Crippen LogP contribution in [0.3, 0.4) is 0 Å². The number of hydrogen-bond donors (Lipinski definition) is 2. The van der Waals surface area contributed by atoms with Crippen molar-refractivity contribution >= 4 is 29.9 Å². The minimum atomic E-state index is 0. The molecule has 0 amide bonds. The third kappa shape index (κ3) is 8.79. The molecule has 2 rings (SSSR count). The summed E-state index contributed by atoms with van der Waals surface area (Å²) in [6.07, 6.45) is 1.36. The van der Waals surface area contributed by atoms with E-state index < -0.39 is 0 Å². The van der Waals surface area contributed by atoms with Gasteiger partial charge in [-0.2, -0.15) is 0 Å². The molecule has 3 atom stereocenters. The molecule has 1 heterocycles. The molecular weight excluding hydrogens is 451 g/mol. The Bertz CT molecular complexity index is 554. The fourth-order valence-corrected chi connectivity index (χ4v) is 3.85. The molecule has 0 aliphatic carbocycles. The fraction of sp³-hybridized carbons (Fsp3) is 0.667. The van der Waals surface area contributed by atoms with E-state index in [1.54, 1.807) is 14.2 Å². The zero-order chi connectivity index (χ0) is 18.9. The lowest BCUT2D eigenvalue weighted by Gasteiger charge is -2.35. The summed E-state index contributed by atoms with van der Waals surface area (Å²) in [5.41, 5.74) is 2.66. The van der Waals surface area contributed by atoms with Crippen LogP contribution in [0, 0.1) is 11.8 Å². The van der Waals surface area contributed by atoms with Crippen LogP contribution in [0.4, 0.5) is 0 Å². The van der Waals surface area contributed by atoms with Crippen LogP contribution in [0.15, 0.2) is 29.3 Å². The van der Waals surface area contributed by atoms with E-state index in [4.69, 9.17) is 4.74 Å². The predicted molar refractivity (Wildman–Crippen MR) is 125 cm³/mol. The van der Waals surface area contributed by atoms with Crippen molar-refractivity contribution in [2.75, 3.05) is 33.9 Å². The average Bonchev–Trinajstić information content (AvgIpc) is 2.59. The molecule has 1 fully saturated rings. The molecule has 5 nitrogen and oxygen atoms in total. The first-order chi connectivity index (χ1) is 12.5. The second-order valence-corrected chi connectivity index (χ2v) is 7.88. The maximum atomic E-state index is 5.15. The summed E-state index contributed by atoms with van der Waals surface area (Å²) in [7, 11) is 3.50. The monoisotopic (exact) mass is 488 g/mol. The molecule has 27 heavy (non-hydrogen) atoms. The molecule has 1 aromatic carbocycles. The fourth-order valence-electron chi connectivity index (χ4n) is 3.85. The minimum Gasteiger partial charge on any atom is -0.383 e. The molecule has 154 valence electrons. The topological polar surface area (TPSA) is 48.9 Å². The number of halogens is 1. The van der Waals surface area contributed by atoms with Crippen LogP contribution in [0.25, 0.3) is 0 Å². The van der Waals surface area contributed by atoms with Crippen molar-refractivity contribution in [1.82, 2.24) is 15.5 Å². The number of piperidine rings is 1. The van der Waals surface area contributed by atoms with Gasteiger partial charge in [-0.15, -0.1) is 24.0 Å². The standard InChI is InChI=1S/C21H36N4O.HI/c1-16-10-17(2)13-25(12-16)14-20-8-6-19(7-9-20)11-23-21(22-4)24-18(3)15-26-5;/h6-9,16-18H,10-15H2,1-5H3,(H2,22,23,24);1H. The minimum absolute atomic E-state index is 0. The first-order valence-corrected chi connectivity index (χ1v) is 9.76. The lowest BCUT2D eigenvalue weighted by Crippen LogP contribution is -2.43. The summed E-state index contributed by atoms with van der Waals surface area (Å²) in [6, 6.07) is 9.16. The molecule has 0 aromatic heterocycles. The molecule has 2 N–H and O–H groups in total. The Balaban J connectivity index is 0.00000364. The van der Waals surface area contributed by atoms with E-state index in [2.05, 4.69) is 65.6 Å². The van der Waals surface area contributed by atoms with Crippen molar-refractivity contribution in [3.05, 3.63) is 35.4 Å². The van der Waals surface area contributed by atoms with Gasteiger partial charge in [0.25, 0.3) is 0 Å². The summed E-state index contributed by atoms with van der Waals surface area (Å²) >= 11 is 0. The Kier molecular flexibility index (Phi) is 11.3. The first kappa shape index (κ1) is 24.2. The number of nitrogens with one attached hydrogen (secondary N) is 2. The van der Waals surface area contributed by atoms with E-state index in [0.29, 0.717) is 6.61 Å². The lowest BCUT2D eigenvalue weighted by atomic mass is 9.91. The van der Waals surface area contributed by atoms with Gasteiger partial charge in [-0.3, -0.25) is 9.89 Å². The van der Waals surface area contributed by atoms with Gasteiger partial charge < -0.3 is 15.4 Å². The maximum absolute atomic E-state index is 5.15. The average molecular weight is 488 g/mol. The second kappa shape index (κ2) is 12.6. The smallest absolute Gasteiger partial charge is 0.191 e. The third-order valence-electron chi connectivity index (χ3n) is 4.86. The van der Waals surface area contributed by atoms with Crippen LogP contribution in [0.1, 0.15) is 38.3 Å². The number of rotatable bonds is 7. The first-order valence-electron chi connectivity index (χ1n) is 9.76. The van der Waals surface area contributed by atoms with Gasteiger partial charge in [0.05, 0.1) is 6.61 Å². The van der Waals surface area contributed by atoms with Crippen molar-refractivity contribution in [2.45, 2.75) is 46.3 Å². The van der Waals surface area contributed by atoms with Gasteiger partial charge in [-0.25, -0.2) is 0 Å². The maximum Gasteiger partial charge on any atom is 0.191 e. The molecule has 0 spiro atoms. The van der Waals surface area contributed by atoms with Gasteiger partial charge in [0, 0.05) is 46.4 Å². The quantitative estimate of drug-likeness (QED) is 0.351. The van der Waals surface area contributed by atoms with Crippen LogP contribution >= 0.6 is 24.0 Å². The number of ether oxygens (including phenoxy) is 1. The Labute approximate surface area is 182 Å². The van der Waals surface area contributed by atoms with Gasteiger partial charge in [0.2, 0.25) is 0 Å². The molecule has 1 saturated heterocycles. The number of hydrogen-bond acceptors (Lipinski definition) is 3. The zero-order valence-electron chi connectivity index (χ0n) is 17.5. The Morgan fingerprint density at radius 1 is 1.19 bits per heavy atom. The summed E-state index contributed by atoms with van der Waals surface area (Å²) < 4.78 is 5.15. The van der Waals surface area contributed by atoms with Crippen LogP contribution in [0.5, 0.6) is 0 Å². The summed E-state index contributed by atoms with van der Waals surface area (Å²) in [5, 5.41) is 6.68. The highest BCUT2D eigenvalue weighted by Gasteiger charge is 2.21. The lowest BCUT2D eigenvalue weighted by molar-refractivity contribution is 0.134. The Morgan fingerprint density at radius 3 is 2.33 bits per heavy atom. The van der Waals surface area contributed by atoms with E-state index in [0.717, 1.165) is 30.9 Å². The molecule has 1 aliphatic heterocycles. The largest absolute Gasteiger partial charge is 0.383 e. The van der Waals surface area contributed by atoms with Crippen molar-refractivity contribution in [2.24, 2.45) is 16.8 Å². The van der Waals surface area contributed by atoms with E-state index in [9.17, 15) is 0 Å². The number of benzene rings is 1. The number of nitrogens with zero attached hydrogens (tertiary/aromatic N) is 2. The van der Waals surface area contributed by atoms with Gasteiger partial charge in [-0.1, -0.05) is 38.1 Å². The van der Waals surface area contributed by atoms with Gasteiger partial charge >= 0.3 is 0 Å². The van der Waals surface area contributed by atoms with Gasteiger partial charge in [-0.05, 0) is 36.3 Å². The molecule has 0 bridgehead atoms. The van der Waals surface area contributed by atoms with Crippen LogP contribution in [0.2, 0.25) is 0 Å². The molecule has 3 unspecified atom stereocenters. The number of guanidine groups is 1. The molecule has 1 aliphatic rings. The molecule has 0 radical (unpaired) electrons. The van der Waals surface area contributed by atoms with Crippen LogP contribution < -0.4 is 10.6 Å². The third-order valence-corrected chi connectivity index (χ3v) is 4.86. The van der Waals surface area contributed by atoms with E-state index in [-0.39, 0.29) is 30.0 Å². The molecule has 0 saturated carbocycles. The summed E-state index contributed by atoms with van der Waals surface area (Å²) in [5.74, 6) is 2.42. The van der Waals surface area contributed by atoms with Crippen LogP contribution in [-0.2, 0) is 17.8 Å². The molecule has 6 heteroatoms. The van der Waals surface area contributed by atoms with Crippen molar-refractivity contribution in [1.29, 1.82) is 0 Å². The van der Waals surface area contributed by atoms with E-state index in [1.807, 2.05) is 0 Å². The normalized spacial score (nSPS) is 22.0. The van der Waals surface area contributed by atoms with Crippen molar-refractivity contribution in [3.63, 3.8) is 0 Å². The molecule has 1 aromatic rings. The number of likely N-dealkylation sites (tertiary alicyclic amines) is 1. The predicted octanol–water partition coefficient (Wildman–Crippen LogP) is 3.48. The zero-order valence-corrected chi connectivity index (χ0v) is 19.8. The highest BCUT2D eigenvalue weighted by molar-refractivity contribution is 14.0. The Morgan fingerprint density at radius 2 is 1.78 bits per heavy atom. The van der Waals surface area contributed by atoms with Crippen molar-refractivity contribution in [3.8, 4) is 0 Å². The van der Waals surface area contributed by atoms with E-state index in [1.165, 1.54) is 30.6 Å². The SMILES string of the molecule is CN=C(NCc1ccc(CN2CC(C)CC(C)C2)cc1)NC(C)COC.I. The van der Waals surface area contributed by atoms with Crippen LogP contribution in [-0.4, -0.2) is 50.8 Å². The van der Waals surface area contributed by atoms with Crippen molar-refractivity contribution < 1.29 is 4.74 Å². The van der Waals surface area contributed by atoms with Gasteiger partial charge in [0.1, 0.15) is 0 Å². The summed E-state index contributed by atoms with van der Waals surface area (Å²) in [6.45, 7) is 11.7. The highest BCUT2D eigenvalue weighted by atomic mass is 127.